The van der Waals surface area contributed by atoms with Gasteiger partial charge in [0.1, 0.15) is 0 Å². The molecular formula is C16H13BrN4O6. The zero-order valence-corrected chi connectivity index (χ0v) is 15.9. The standard InChI is InChI=1S/C16H13BrN4O6/c1-6-7(2)12(16(26-17)18-8(6)3)14-19-15(27-20-14)9-4-10(21(24)25)13(23)11(22)5-9/h4-5,22-23H,1-3H3. The van der Waals surface area contributed by atoms with Gasteiger partial charge in [0.2, 0.25) is 17.5 Å². The van der Waals surface area contributed by atoms with E-state index in [1.807, 2.05) is 20.8 Å². The van der Waals surface area contributed by atoms with Crippen LogP contribution in [0.1, 0.15) is 16.8 Å². The summed E-state index contributed by atoms with van der Waals surface area (Å²) >= 11 is 2.91. The average Bonchev–Trinajstić information content (AvgIpc) is 3.10. The third-order valence-electron chi connectivity index (χ3n) is 4.20. The molecule has 1 aromatic carbocycles. The van der Waals surface area contributed by atoms with Gasteiger partial charge in [0, 0.05) is 11.8 Å². The smallest absolute Gasteiger partial charge is 0.315 e. The Hall–Kier alpha value is -3.21. The first-order valence-electron chi connectivity index (χ1n) is 7.55. The Balaban J connectivity index is 2.15. The van der Waals surface area contributed by atoms with Crippen molar-refractivity contribution in [3.8, 4) is 40.2 Å². The summed E-state index contributed by atoms with van der Waals surface area (Å²) < 4.78 is 10.3. The first kappa shape index (κ1) is 18.6. The molecule has 0 aliphatic rings. The Morgan fingerprint density at radius 1 is 1.19 bits per heavy atom. The third kappa shape index (κ3) is 3.16. The molecule has 27 heavy (non-hydrogen) atoms. The van der Waals surface area contributed by atoms with E-state index in [0.29, 0.717) is 5.56 Å². The van der Waals surface area contributed by atoms with Crippen molar-refractivity contribution in [3.63, 3.8) is 0 Å². The van der Waals surface area contributed by atoms with E-state index in [9.17, 15) is 20.3 Å². The molecule has 0 fully saturated rings. The average molecular weight is 437 g/mol. The Bertz CT molecular complexity index is 1070. The number of benzene rings is 1. The van der Waals surface area contributed by atoms with E-state index >= 15 is 0 Å². The second kappa shape index (κ2) is 6.83. The van der Waals surface area contributed by atoms with Crippen LogP contribution >= 0.6 is 16.3 Å². The molecule has 0 saturated heterocycles. The fourth-order valence-electron chi connectivity index (χ4n) is 2.54. The minimum absolute atomic E-state index is 0.0755. The molecule has 0 atom stereocenters. The summed E-state index contributed by atoms with van der Waals surface area (Å²) in [5, 5.41) is 34.2. The van der Waals surface area contributed by atoms with E-state index in [1.54, 1.807) is 0 Å². The number of aromatic hydroxyl groups is 2. The normalized spacial score (nSPS) is 10.8. The van der Waals surface area contributed by atoms with Gasteiger partial charge in [-0.25, -0.2) is 4.98 Å². The molecule has 0 saturated carbocycles. The van der Waals surface area contributed by atoms with Gasteiger partial charge in [-0.3, -0.25) is 10.1 Å². The fraction of sp³-hybridized carbons (Fsp3) is 0.188. The van der Waals surface area contributed by atoms with Gasteiger partial charge in [-0.2, -0.15) is 4.98 Å². The summed E-state index contributed by atoms with van der Waals surface area (Å²) in [6.07, 6.45) is 0. The zero-order chi connectivity index (χ0) is 19.9. The molecule has 10 nitrogen and oxygen atoms in total. The van der Waals surface area contributed by atoms with Crippen molar-refractivity contribution in [1.82, 2.24) is 15.1 Å². The molecule has 11 heteroatoms. The fourth-order valence-corrected chi connectivity index (χ4v) is 2.77. The lowest BCUT2D eigenvalue weighted by Crippen LogP contribution is -1.99. The predicted octanol–water partition coefficient (Wildman–Crippen LogP) is 3.73. The van der Waals surface area contributed by atoms with Gasteiger partial charge >= 0.3 is 5.69 Å². The van der Waals surface area contributed by atoms with Gasteiger partial charge in [0.05, 0.1) is 16.1 Å². The molecule has 0 aliphatic carbocycles. The van der Waals surface area contributed by atoms with Gasteiger partial charge in [-0.15, -0.1) is 0 Å². The quantitative estimate of drug-likeness (QED) is 0.354. The molecule has 0 spiro atoms. The van der Waals surface area contributed by atoms with Crippen LogP contribution in [-0.4, -0.2) is 30.3 Å². The van der Waals surface area contributed by atoms with Crippen LogP contribution in [0.25, 0.3) is 22.8 Å². The molecular weight excluding hydrogens is 424 g/mol. The van der Waals surface area contributed by atoms with Crippen LogP contribution in [-0.2, 0) is 0 Å². The van der Waals surface area contributed by atoms with Crippen molar-refractivity contribution in [1.29, 1.82) is 0 Å². The van der Waals surface area contributed by atoms with E-state index in [0.717, 1.165) is 29.0 Å². The number of phenols is 2. The molecule has 2 aromatic heterocycles. The van der Waals surface area contributed by atoms with E-state index in [1.165, 1.54) is 0 Å². The van der Waals surface area contributed by atoms with Crippen molar-refractivity contribution in [3.05, 3.63) is 39.1 Å². The summed E-state index contributed by atoms with van der Waals surface area (Å²) in [6.45, 7) is 5.57. The molecule has 3 aromatic rings. The highest BCUT2D eigenvalue weighted by atomic mass is 79.9. The zero-order valence-electron chi connectivity index (χ0n) is 14.3. The Morgan fingerprint density at radius 2 is 1.89 bits per heavy atom. The SMILES string of the molecule is Cc1nc(OBr)c(-c2noc(-c3cc(O)c(O)c([N+](=O)[O-])c3)n2)c(C)c1C. The maximum Gasteiger partial charge on any atom is 0.315 e. The summed E-state index contributed by atoms with van der Waals surface area (Å²) in [5.74, 6) is -1.20. The largest absolute Gasteiger partial charge is 0.504 e. The number of halogens is 1. The first-order valence-corrected chi connectivity index (χ1v) is 8.20. The number of nitro groups is 1. The maximum absolute atomic E-state index is 11.0. The number of aromatic nitrogens is 3. The minimum atomic E-state index is -0.840. The number of phenolic OH excluding ortho intramolecular Hbond substituents is 2. The van der Waals surface area contributed by atoms with Crippen molar-refractivity contribution >= 4 is 21.9 Å². The highest BCUT2D eigenvalue weighted by molar-refractivity contribution is 9.06. The van der Waals surface area contributed by atoms with Gasteiger partial charge < -0.3 is 18.6 Å². The van der Waals surface area contributed by atoms with Crippen molar-refractivity contribution in [2.45, 2.75) is 20.8 Å². The first-order chi connectivity index (χ1) is 12.7. The number of pyridine rings is 1. The van der Waals surface area contributed by atoms with Gasteiger partial charge in [0.25, 0.3) is 5.89 Å². The molecule has 0 amide bonds. The van der Waals surface area contributed by atoms with Gasteiger partial charge in [-0.05, 0) is 38.0 Å². The molecule has 0 aliphatic heterocycles. The number of rotatable bonds is 4. The van der Waals surface area contributed by atoms with Gasteiger partial charge in [0.15, 0.2) is 22.0 Å². The van der Waals surface area contributed by atoms with E-state index in [2.05, 4.69) is 31.4 Å². The number of nitro benzene ring substituents is 1. The second-order valence-electron chi connectivity index (χ2n) is 5.75. The third-order valence-corrected chi connectivity index (χ3v) is 4.51. The molecule has 0 unspecified atom stereocenters. The predicted molar refractivity (Wildman–Crippen MR) is 96.7 cm³/mol. The number of hydrogen-bond acceptors (Lipinski definition) is 9. The van der Waals surface area contributed by atoms with Crippen LogP contribution in [0, 0.1) is 30.9 Å². The lowest BCUT2D eigenvalue weighted by atomic mass is 10.0. The number of nitrogens with zero attached hydrogens (tertiary/aromatic N) is 4. The summed E-state index contributed by atoms with van der Waals surface area (Å²) in [7, 11) is 0. The molecule has 0 radical (unpaired) electrons. The molecule has 140 valence electrons. The van der Waals surface area contributed by atoms with E-state index < -0.39 is 22.1 Å². The Kier molecular flexibility index (Phi) is 4.70. The molecule has 3 rings (SSSR count). The Labute approximate surface area is 161 Å². The monoisotopic (exact) mass is 436 g/mol. The van der Waals surface area contributed by atoms with Crippen LogP contribution in [0.3, 0.4) is 0 Å². The lowest BCUT2D eigenvalue weighted by Gasteiger charge is -2.11. The van der Waals surface area contributed by atoms with Crippen LogP contribution in [0.15, 0.2) is 16.7 Å². The maximum atomic E-state index is 11.0. The van der Waals surface area contributed by atoms with Crippen molar-refractivity contribution in [2.75, 3.05) is 0 Å². The van der Waals surface area contributed by atoms with Crippen molar-refractivity contribution < 1.29 is 23.5 Å². The van der Waals surface area contributed by atoms with E-state index in [4.69, 9.17) is 8.35 Å². The summed E-state index contributed by atoms with van der Waals surface area (Å²) in [6, 6.07) is 2.12. The minimum Gasteiger partial charge on any atom is -0.504 e. The van der Waals surface area contributed by atoms with Crippen LogP contribution in [0.4, 0.5) is 5.69 Å². The van der Waals surface area contributed by atoms with Gasteiger partial charge in [-0.1, -0.05) is 5.16 Å². The summed E-state index contributed by atoms with van der Waals surface area (Å²) in [5.41, 5.74) is 2.40. The number of aryl methyl sites for hydroxylation is 1. The van der Waals surface area contributed by atoms with Crippen LogP contribution < -0.4 is 3.83 Å². The number of hydrogen-bond donors (Lipinski definition) is 2. The highest BCUT2D eigenvalue weighted by Gasteiger charge is 2.24. The molecule has 2 N–H and O–H groups in total. The highest BCUT2D eigenvalue weighted by Crippen LogP contribution is 2.40. The molecule has 2 heterocycles. The van der Waals surface area contributed by atoms with Crippen LogP contribution in [0.2, 0.25) is 0 Å². The van der Waals surface area contributed by atoms with E-state index in [-0.39, 0.29) is 23.2 Å². The van der Waals surface area contributed by atoms with Crippen LogP contribution in [0.5, 0.6) is 17.4 Å². The summed E-state index contributed by atoms with van der Waals surface area (Å²) in [4.78, 5) is 18.7. The lowest BCUT2D eigenvalue weighted by molar-refractivity contribution is -0.385. The Morgan fingerprint density at radius 3 is 2.52 bits per heavy atom. The second-order valence-corrected chi connectivity index (χ2v) is 6.07. The molecule has 0 bridgehead atoms. The topological polar surface area (TPSA) is 145 Å². The van der Waals surface area contributed by atoms with Crippen molar-refractivity contribution in [2.24, 2.45) is 0 Å².